The lowest BCUT2D eigenvalue weighted by Crippen LogP contribution is -2.01. The van der Waals surface area contributed by atoms with Crippen molar-refractivity contribution in [3.05, 3.63) is 52.9 Å². The molecule has 0 saturated heterocycles. The van der Waals surface area contributed by atoms with E-state index in [1.54, 1.807) is 37.4 Å². The van der Waals surface area contributed by atoms with Gasteiger partial charge < -0.3 is 11.1 Å². The number of nitrogens with one attached hydrogen (secondary N) is 1. The second-order valence-electron chi connectivity index (χ2n) is 5.76. The van der Waals surface area contributed by atoms with E-state index in [4.69, 9.17) is 5.73 Å². The van der Waals surface area contributed by atoms with Crippen molar-refractivity contribution in [2.45, 2.75) is 11.8 Å². The molecule has 1 aliphatic rings. The lowest BCUT2D eigenvalue weighted by Gasteiger charge is -2.11. The second kappa shape index (κ2) is 5.25. The van der Waals surface area contributed by atoms with Gasteiger partial charge in [-0.1, -0.05) is 0 Å². The maximum atomic E-state index is 13.4. The third-order valence-corrected chi connectivity index (χ3v) is 5.92. The highest BCUT2D eigenvalue weighted by Crippen LogP contribution is 2.37. The average Bonchev–Trinajstić information content (AvgIpc) is 2.74. The number of hydrogen-bond donors (Lipinski definition) is 2. The molecule has 0 saturated carbocycles. The molecular formula is C17H13FN4O2S. The third kappa shape index (κ3) is 2.51. The molecule has 0 fully saturated rings. The first-order valence-electron chi connectivity index (χ1n) is 7.41. The Morgan fingerprint density at radius 2 is 2.00 bits per heavy atom. The first-order chi connectivity index (χ1) is 11.8. The van der Waals surface area contributed by atoms with Crippen LogP contribution in [0.25, 0.3) is 17.0 Å². The van der Waals surface area contributed by atoms with E-state index in [2.05, 4.69) is 15.3 Å². The van der Waals surface area contributed by atoms with E-state index in [9.17, 15) is 12.8 Å². The molecule has 2 aromatic heterocycles. The van der Waals surface area contributed by atoms with Crippen molar-refractivity contribution in [3.63, 3.8) is 0 Å². The number of halogens is 1. The van der Waals surface area contributed by atoms with Crippen molar-refractivity contribution in [2.75, 3.05) is 11.1 Å². The Kier molecular flexibility index (Phi) is 3.26. The van der Waals surface area contributed by atoms with Crippen molar-refractivity contribution >= 4 is 44.0 Å². The highest BCUT2D eigenvalue weighted by atomic mass is 32.2. The molecule has 0 spiro atoms. The molecule has 0 radical (unpaired) electrons. The molecule has 1 aliphatic heterocycles. The van der Waals surface area contributed by atoms with Gasteiger partial charge in [0.2, 0.25) is 15.8 Å². The van der Waals surface area contributed by atoms with Crippen molar-refractivity contribution < 1.29 is 12.8 Å². The maximum absolute atomic E-state index is 13.4. The summed E-state index contributed by atoms with van der Waals surface area (Å²) in [5, 5.41) is 3.57. The van der Waals surface area contributed by atoms with Crippen LogP contribution in [0.5, 0.6) is 0 Å². The molecule has 3 N–H and O–H groups in total. The van der Waals surface area contributed by atoms with Crippen LogP contribution in [0.2, 0.25) is 0 Å². The predicted molar refractivity (Wildman–Crippen MR) is 94.5 cm³/mol. The van der Waals surface area contributed by atoms with Crippen molar-refractivity contribution in [3.8, 4) is 0 Å². The zero-order valence-corrected chi connectivity index (χ0v) is 13.9. The van der Waals surface area contributed by atoms with Crippen LogP contribution in [-0.4, -0.2) is 18.4 Å². The Morgan fingerprint density at radius 1 is 1.20 bits per heavy atom. The Balaban J connectivity index is 1.88. The summed E-state index contributed by atoms with van der Waals surface area (Å²) in [6, 6.07) is 7.57. The van der Waals surface area contributed by atoms with Crippen molar-refractivity contribution in [2.24, 2.45) is 0 Å². The molecule has 1 aromatic carbocycles. The predicted octanol–water partition coefficient (Wildman–Crippen LogP) is 3.24. The van der Waals surface area contributed by atoms with Gasteiger partial charge in [-0.15, -0.1) is 0 Å². The van der Waals surface area contributed by atoms with Crippen LogP contribution in [0.1, 0.15) is 12.5 Å². The summed E-state index contributed by atoms with van der Waals surface area (Å²) in [6.45, 7) is 1.56. The Bertz CT molecular complexity index is 1150. The smallest absolute Gasteiger partial charge is 0.216 e. The monoisotopic (exact) mass is 356 g/mol. The van der Waals surface area contributed by atoms with Crippen molar-refractivity contribution in [1.29, 1.82) is 0 Å². The summed E-state index contributed by atoms with van der Waals surface area (Å²) in [6.07, 6.45) is 3.21. The van der Waals surface area contributed by atoms with E-state index in [0.717, 1.165) is 6.07 Å². The highest BCUT2D eigenvalue weighted by Gasteiger charge is 2.27. The number of nitrogens with zero attached hydrogens (tertiary/aromatic N) is 2. The fraction of sp³-hybridized carbons (Fsp3) is 0.0588. The van der Waals surface area contributed by atoms with Gasteiger partial charge in [0.1, 0.15) is 5.82 Å². The van der Waals surface area contributed by atoms with Crippen LogP contribution in [-0.2, 0) is 9.84 Å². The number of allylic oxidation sites excluding steroid dienone is 1. The van der Waals surface area contributed by atoms with E-state index in [-0.39, 0.29) is 16.4 Å². The largest absolute Gasteiger partial charge is 0.398 e. The van der Waals surface area contributed by atoms with Crippen LogP contribution < -0.4 is 11.1 Å². The number of pyridine rings is 2. The van der Waals surface area contributed by atoms with Crippen LogP contribution in [0.4, 0.5) is 21.6 Å². The topological polar surface area (TPSA) is 98.0 Å². The summed E-state index contributed by atoms with van der Waals surface area (Å²) in [4.78, 5) is 8.56. The maximum Gasteiger partial charge on any atom is 0.216 e. The Hall–Kier alpha value is -3.00. The van der Waals surface area contributed by atoms with Gasteiger partial charge in [0.25, 0.3) is 0 Å². The fourth-order valence-corrected chi connectivity index (χ4v) is 4.16. The Morgan fingerprint density at radius 3 is 2.76 bits per heavy atom. The molecule has 25 heavy (non-hydrogen) atoms. The number of sulfone groups is 1. The zero-order valence-electron chi connectivity index (χ0n) is 13.1. The summed E-state index contributed by atoms with van der Waals surface area (Å²) in [5.41, 5.74) is 7.66. The van der Waals surface area contributed by atoms with Crippen molar-refractivity contribution in [1.82, 2.24) is 9.97 Å². The van der Waals surface area contributed by atoms with Gasteiger partial charge in [0.05, 0.1) is 16.1 Å². The first kappa shape index (κ1) is 15.5. The standard InChI is InChI=1S/C17H13FN4O2S/c1-9-4-10-5-14-12(8-15(10)25(9,23)24)13(2-3-20-14)21-17-7-11(19)6-16(18)22-17/h2-8H,1H3,(H3,19,20,21,22). The summed E-state index contributed by atoms with van der Waals surface area (Å²) < 4.78 is 38.2. The van der Waals surface area contributed by atoms with E-state index < -0.39 is 15.8 Å². The van der Waals surface area contributed by atoms with E-state index >= 15 is 0 Å². The van der Waals surface area contributed by atoms with Crippen LogP contribution in [0.3, 0.4) is 0 Å². The molecule has 0 aliphatic carbocycles. The van der Waals surface area contributed by atoms with E-state index in [1.807, 2.05) is 0 Å². The van der Waals surface area contributed by atoms with Crippen LogP contribution in [0, 0.1) is 5.95 Å². The lowest BCUT2D eigenvalue weighted by molar-refractivity contribution is 0.586. The number of benzene rings is 1. The number of nitrogens with two attached hydrogens (primary N) is 1. The van der Waals surface area contributed by atoms with Gasteiger partial charge in [-0.05, 0) is 36.8 Å². The van der Waals surface area contributed by atoms with Gasteiger partial charge in [0.15, 0.2) is 0 Å². The zero-order chi connectivity index (χ0) is 17.8. The number of fused-ring (bicyclic) bond motifs is 2. The van der Waals surface area contributed by atoms with Crippen LogP contribution >= 0.6 is 0 Å². The quantitative estimate of drug-likeness (QED) is 0.684. The molecular weight excluding hydrogens is 343 g/mol. The van der Waals surface area contributed by atoms with Gasteiger partial charge in [0, 0.05) is 34.3 Å². The molecule has 0 bridgehead atoms. The minimum absolute atomic E-state index is 0.225. The molecule has 3 aromatic rings. The van der Waals surface area contributed by atoms with E-state index in [0.29, 0.717) is 27.1 Å². The van der Waals surface area contributed by atoms with Crippen LogP contribution in [0.15, 0.2) is 46.3 Å². The normalized spacial score (nSPS) is 15.0. The molecule has 6 nitrogen and oxygen atoms in total. The average molecular weight is 356 g/mol. The lowest BCUT2D eigenvalue weighted by atomic mass is 10.1. The van der Waals surface area contributed by atoms with Gasteiger partial charge in [-0.2, -0.15) is 4.39 Å². The fourth-order valence-electron chi connectivity index (χ4n) is 2.83. The third-order valence-electron chi connectivity index (χ3n) is 4.02. The molecule has 8 heteroatoms. The molecule has 3 heterocycles. The van der Waals surface area contributed by atoms with Gasteiger partial charge in [-0.25, -0.2) is 13.4 Å². The summed E-state index contributed by atoms with van der Waals surface area (Å²) >= 11 is 0. The molecule has 0 amide bonds. The summed E-state index contributed by atoms with van der Waals surface area (Å²) in [7, 11) is -3.47. The number of aromatic nitrogens is 2. The number of hydrogen-bond acceptors (Lipinski definition) is 6. The molecule has 126 valence electrons. The Labute approximate surface area is 143 Å². The molecule has 0 unspecified atom stereocenters. The minimum Gasteiger partial charge on any atom is -0.398 e. The molecule has 0 atom stereocenters. The number of anilines is 3. The number of nitrogen functional groups attached to an aromatic ring is 1. The highest BCUT2D eigenvalue weighted by molar-refractivity contribution is 7.95. The van der Waals surface area contributed by atoms with E-state index in [1.165, 1.54) is 6.07 Å². The minimum atomic E-state index is -3.47. The van der Waals surface area contributed by atoms with Gasteiger partial charge in [-0.3, -0.25) is 4.98 Å². The number of rotatable bonds is 2. The second-order valence-corrected chi connectivity index (χ2v) is 7.85. The first-order valence-corrected chi connectivity index (χ1v) is 8.89. The molecule has 4 rings (SSSR count). The SMILES string of the molecule is CC1=Cc2cc3nccc(Nc4cc(N)cc(F)n4)c3cc2S1(=O)=O. The van der Waals surface area contributed by atoms with Gasteiger partial charge >= 0.3 is 0 Å². The summed E-state index contributed by atoms with van der Waals surface area (Å²) in [5.74, 6) is -0.480.